The first-order valence-electron chi connectivity index (χ1n) is 4.17. The van der Waals surface area contributed by atoms with Gasteiger partial charge in [-0.05, 0) is 24.6 Å². The largest absolute Gasteiger partial charge is 0.243 e. The lowest BCUT2D eigenvalue weighted by Crippen LogP contribution is -1.95. The van der Waals surface area contributed by atoms with Crippen molar-refractivity contribution in [2.75, 3.05) is 0 Å². The van der Waals surface area contributed by atoms with Crippen LogP contribution >= 0.6 is 0 Å². The van der Waals surface area contributed by atoms with Gasteiger partial charge in [-0.1, -0.05) is 0 Å². The van der Waals surface area contributed by atoms with Gasteiger partial charge in [-0.3, -0.25) is 0 Å². The van der Waals surface area contributed by atoms with Gasteiger partial charge in [-0.15, -0.1) is 0 Å². The lowest BCUT2D eigenvalue weighted by molar-refractivity contribution is 0.873. The summed E-state index contributed by atoms with van der Waals surface area (Å²) in [5.74, 6) is 0. The maximum absolute atomic E-state index is 8.57. The van der Waals surface area contributed by atoms with E-state index in [0.717, 1.165) is 11.3 Å². The minimum Gasteiger partial charge on any atom is -0.243 e. The normalized spacial score (nSPS) is 9.71. The number of hydrogen-bond acceptors (Lipinski definition) is 3. The molecule has 4 nitrogen and oxygen atoms in total. The molecule has 2 rings (SSSR count). The second-order valence-electron chi connectivity index (χ2n) is 2.98. The first-order valence-corrected chi connectivity index (χ1v) is 4.17. The average molecular weight is 184 g/mol. The molecule has 0 amide bonds. The van der Waals surface area contributed by atoms with Crippen molar-refractivity contribution in [2.24, 2.45) is 0 Å². The summed E-state index contributed by atoms with van der Waals surface area (Å²) in [7, 11) is 0. The SMILES string of the molecule is Cc1cnn(-c2ccc(C#N)nc2)c1. The molecule has 0 bridgehead atoms. The van der Waals surface area contributed by atoms with Gasteiger partial charge in [0.05, 0.1) is 18.1 Å². The monoisotopic (exact) mass is 184 g/mol. The number of nitriles is 1. The molecular weight excluding hydrogens is 176 g/mol. The molecule has 0 N–H and O–H groups in total. The number of rotatable bonds is 1. The van der Waals surface area contributed by atoms with Gasteiger partial charge in [0, 0.05) is 6.20 Å². The van der Waals surface area contributed by atoms with Crippen molar-refractivity contribution < 1.29 is 0 Å². The van der Waals surface area contributed by atoms with Crippen LogP contribution in [0.3, 0.4) is 0 Å². The van der Waals surface area contributed by atoms with Crippen molar-refractivity contribution in [2.45, 2.75) is 6.92 Å². The van der Waals surface area contributed by atoms with Gasteiger partial charge < -0.3 is 0 Å². The fraction of sp³-hybridized carbons (Fsp3) is 0.100. The van der Waals surface area contributed by atoms with E-state index in [0.29, 0.717) is 5.69 Å². The van der Waals surface area contributed by atoms with Gasteiger partial charge in [0.25, 0.3) is 0 Å². The van der Waals surface area contributed by atoms with Crippen LogP contribution in [0.15, 0.2) is 30.7 Å². The third-order valence-electron chi connectivity index (χ3n) is 1.84. The zero-order chi connectivity index (χ0) is 9.97. The predicted octanol–water partition coefficient (Wildman–Crippen LogP) is 1.45. The molecule has 4 heteroatoms. The number of aryl methyl sites for hydroxylation is 1. The van der Waals surface area contributed by atoms with E-state index in [-0.39, 0.29) is 0 Å². The van der Waals surface area contributed by atoms with Gasteiger partial charge in [-0.2, -0.15) is 10.4 Å². The Morgan fingerprint density at radius 1 is 1.36 bits per heavy atom. The molecule has 14 heavy (non-hydrogen) atoms. The fourth-order valence-corrected chi connectivity index (χ4v) is 1.14. The Morgan fingerprint density at radius 3 is 2.71 bits per heavy atom. The Bertz CT molecular complexity index is 476. The van der Waals surface area contributed by atoms with Crippen molar-refractivity contribution in [1.29, 1.82) is 5.26 Å². The molecule has 0 atom stereocenters. The van der Waals surface area contributed by atoms with E-state index >= 15 is 0 Å². The molecule has 0 aliphatic heterocycles. The lowest BCUT2D eigenvalue weighted by Gasteiger charge is -1.98. The van der Waals surface area contributed by atoms with E-state index in [9.17, 15) is 0 Å². The number of hydrogen-bond donors (Lipinski definition) is 0. The number of pyridine rings is 1. The Kier molecular flexibility index (Phi) is 1.99. The molecule has 0 unspecified atom stereocenters. The van der Waals surface area contributed by atoms with Crippen LogP contribution in [0.25, 0.3) is 5.69 Å². The van der Waals surface area contributed by atoms with Gasteiger partial charge in [0.2, 0.25) is 0 Å². The zero-order valence-corrected chi connectivity index (χ0v) is 7.68. The Labute approximate surface area is 81.4 Å². The number of nitrogens with zero attached hydrogens (tertiary/aromatic N) is 4. The van der Waals surface area contributed by atoms with Crippen LogP contribution in [-0.2, 0) is 0 Å². The van der Waals surface area contributed by atoms with Crippen LogP contribution in [0.1, 0.15) is 11.3 Å². The van der Waals surface area contributed by atoms with Crippen LogP contribution < -0.4 is 0 Å². The van der Waals surface area contributed by atoms with Gasteiger partial charge in [-0.25, -0.2) is 9.67 Å². The summed E-state index contributed by atoms with van der Waals surface area (Å²) in [6, 6.07) is 5.46. The topological polar surface area (TPSA) is 54.5 Å². The maximum Gasteiger partial charge on any atom is 0.140 e. The Morgan fingerprint density at radius 2 is 2.21 bits per heavy atom. The van der Waals surface area contributed by atoms with Gasteiger partial charge in [0.15, 0.2) is 0 Å². The van der Waals surface area contributed by atoms with Crippen LogP contribution in [0.5, 0.6) is 0 Å². The van der Waals surface area contributed by atoms with E-state index in [1.165, 1.54) is 0 Å². The molecule has 0 aliphatic rings. The second-order valence-corrected chi connectivity index (χ2v) is 2.98. The molecule has 68 valence electrons. The molecule has 2 aromatic heterocycles. The highest BCUT2D eigenvalue weighted by atomic mass is 15.3. The Hall–Kier alpha value is -2.15. The molecule has 0 aliphatic carbocycles. The molecule has 0 spiro atoms. The zero-order valence-electron chi connectivity index (χ0n) is 7.68. The van der Waals surface area contributed by atoms with Crippen molar-refractivity contribution in [3.05, 3.63) is 42.0 Å². The predicted molar refractivity (Wildman–Crippen MR) is 50.8 cm³/mol. The molecule has 0 fully saturated rings. The van der Waals surface area contributed by atoms with E-state index in [2.05, 4.69) is 10.1 Å². The summed E-state index contributed by atoms with van der Waals surface area (Å²) in [4.78, 5) is 3.96. The standard InChI is InChI=1S/C10H8N4/c1-8-5-13-14(7-8)10-3-2-9(4-11)12-6-10/h2-3,5-7H,1H3. The highest BCUT2D eigenvalue weighted by Crippen LogP contribution is 2.06. The third kappa shape index (κ3) is 1.48. The molecule has 0 saturated carbocycles. The van der Waals surface area contributed by atoms with Gasteiger partial charge in [0.1, 0.15) is 11.8 Å². The summed E-state index contributed by atoms with van der Waals surface area (Å²) < 4.78 is 1.73. The molecule has 2 heterocycles. The second kappa shape index (κ2) is 3.30. The third-order valence-corrected chi connectivity index (χ3v) is 1.84. The molecule has 2 aromatic rings. The van der Waals surface area contributed by atoms with Crippen molar-refractivity contribution in [3.8, 4) is 11.8 Å². The summed E-state index contributed by atoms with van der Waals surface area (Å²) >= 11 is 0. The van der Waals surface area contributed by atoms with E-state index in [1.807, 2.05) is 25.3 Å². The summed E-state index contributed by atoms with van der Waals surface area (Å²) in [5.41, 5.74) is 2.36. The Balaban J connectivity index is 2.39. The van der Waals surface area contributed by atoms with E-state index in [4.69, 9.17) is 5.26 Å². The van der Waals surface area contributed by atoms with Crippen LogP contribution in [0.2, 0.25) is 0 Å². The van der Waals surface area contributed by atoms with Crippen molar-refractivity contribution >= 4 is 0 Å². The minimum atomic E-state index is 0.414. The average Bonchev–Trinajstić information content (AvgIpc) is 2.65. The summed E-state index contributed by atoms with van der Waals surface area (Å²) in [6.45, 7) is 1.97. The quantitative estimate of drug-likeness (QED) is 0.674. The smallest absolute Gasteiger partial charge is 0.140 e. The molecular formula is C10H8N4. The van der Waals surface area contributed by atoms with Crippen molar-refractivity contribution in [1.82, 2.24) is 14.8 Å². The maximum atomic E-state index is 8.57. The fourth-order valence-electron chi connectivity index (χ4n) is 1.14. The highest BCUT2D eigenvalue weighted by molar-refractivity contribution is 5.32. The first kappa shape index (κ1) is 8.45. The first-order chi connectivity index (χ1) is 6.79. The summed E-state index contributed by atoms with van der Waals surface area (Å²) in [6.07, 6.45) is 5.31. The molecule has 0 aromatic carbocycles. The molecule has 0 saturated heterocycles. The highest BCUT2D eigenvalue weighted by Gasteiger charge is 1.98. The van der Waals surface area contributed by atoms with Crippen molar-refractivity contribution in [3.63, 3.8) is 0 Å². The minimum absolute atomic E-state index is 0.414. The molecule has 0 radical (unpaired) electrons. The van der Waals surface area contributed by atoms with Crippen LogP contribution in [0, 0.1) is 18.3 Å². The van der Waals surface area contributed by atoms with Gasteiger partial charge >= 0.3 is 0 Å². The number of aromatic nitrogens is 3. The summed E-state index contributed by atoms with van der Waals surface area (Å²) in [5, 5.41) is 12.7. The van der Waals surface area contributed by atoms with Crippen LogP contribution in [0.4, 0.5) is 0 Å². The van der Waals surface area contributed by atoms with E-state index in [1.54, 1.807) is 23.1 Å². The van der Waals surface area contributed by atoms with E-state index < -0.39 is 0 Å². The lowest BCUT2D eigenvalue weighted by atomic mass is 10.3. The van der Waals surface area contributed by atoms with Crippen LogP contribution in [-0.4, -0.2) is 14.8 Å².